The Hall–Kier alpha value is -1.03. The molecule has 0 aliphatic heterocycles. The summed E-state index contributed by atoms with van der Waals surface area (Å²) in [6.07, 6.45) is 1.37. The van der Waals surface area contributed by atoms with Gasteiger partial charge >= 0.3 is 5.63 Å². The van der Waals surface area contributed by atoms with Gasteiger partial charge in [-0.3, -0.25) is 0 Å². The van der Waals surface area contributed by atoms with E-state index in [-0.39, 0.29) is 10.7 Å². The van der Waals surface area contributed by atoms with Gasteiger partial charge in [-0.2, -0.15) is 0 Å². The Balaban J connectivity index is 2.91. The van der Waals surface area contributed by atoms with Gasteiger partial charge in [0, 0.05) is 6.07 Å². The summed E-state index contributed by atoms with van der Waals surface area (Å²) in [6, 6.07) is 3.07. The molecule has 0 fully saturated rings. The molecule has 1 aromatic heterocycles. The van der Waals surface area contributed by atoms with E-state index in [0.29, 0.717) is 5.75 Å². The van der Waals surface area contributed by atoms with Crippen LogP contribution in [0.5, 0.6) is 5.75 Å². The highest BCUT2D eigenvalue weighted by Gasteiger charge is 2.38. The highest BCUT2D eigenvalue weighted by atomic mass is 28.4. The second kappa shape index (κ2) is 3.85. The molecule has 1 heterocycles. The fourth-order valence-electron chi connectivity index (χ4n) is 0.878. The predicted molar refractivity (Wildman–Crippen MR) is 62.8 cm³/mol. The van der Waals surface area contributed by atoms with E-state index in [1.807, 2.05) is 0 Å². The fourth-order valence-corrected chi connectivity index (χ4v) is 1.90. The Labute approximate surface area is 91.2 Å². The summed E-state index contributed by atoms with van der Waals surface area (Å²) in [5.74, 6) is 0.609. The van der Waals surface area contributed by atoms with E-state index < -0.39 is 8.32 Å². The molecule has 4 heteroatoms. The average Bonchev–Trinajstić information content (AvgIpc) is 2.00. The van der Waals surface area contributed by atoms with Gasteiger partial charge in [0.1, 0.15) is 5.75 Å². The van der Waals surface area contributed by atoms with Crippen molar-refractivity contribution < 1.29 is 8.84 Å². The van der Waals surface area contributed by atoms with Crippen molar-refractivity contribution >= 4 is 8.32 Å². The number of hydrogen-bond donors (Lipinski definition) is 0. The summed E-state index contributed by atoms with van der Waals surface area (Å²) in [6.45, 7) is 10.8. The van der Waals surface area contributed by atoms with Crippen molar-refractivity contribution in [2.24, 2.45) is 0 Å². The van der Waals surface area contributed by atoms with Crippen LogP contribution in [-0.2, 0) is 0 Å². The van der Waals surface area contributed by atoms with Crippen LogP contribution in [0.1, 0.15) is 20.8 Å². The van der Waals surface area contributed by atoms with E-state index in [2.05, 4.69) is 38.3 Å². The minimum absolute atomic E-state index is 0.128. The highest BCUT2D eigenvalue weighted by molar-refractivity contribution is 6.74. The van der Waals surface area contributed by atoms with Crippen LogP contribution in [0.25, 0.3) is 0 Å². The first-order valence-electron chi connectivity index (χ1n) is 5.00. The average molecular weight is 226 g/mol. The number of rotatable bonds is 2. The Morgan fingerprint density at radius 3 is 2.40 bits per heavy atom. The standard InChI is InChI=1S/C11H18O3Si/c1-11(2,3)15(4,5)14-9-6-7-13-10(12)8-9/h6-8H,1-5H3. The third kappa shape index (κ3) is 2.96. The topological polar surface area (TPSA) is 39.4 Å². The van der Waals surface area contributed by atoms with E-state index in [1.165, 1.54) is 12.3 Å². The van der Waals surface area contributed by atoms with Crippen molar-refractivity contribution in [3.63, 3.8) is 0 Å². The van der Waals surface area contributed by atoms with E-state index in [0.717, 1.165) is 0 Å². The monoisotopic (exact) mass is 226 g/mol. The maximum atomic E-state index is 11.0. The molecule has 0 radical (unpaired) electrons. The lowest BCUT2D eigenvalue weighted by atomic mass is 10.2. The van der Waals surface area contributed by atoms with Crippen LogP contribution < -0.4 is 10.1 Å². The second-order valence-corrected chi connectivity index (χ2v) is 9.87. The van der Waals surface area contributed by atoms with Crippen LogP contribution in [-0.4, -0.2) is 8.32 Å². The Morgan fingerprint density at radius 2 is 1.93 bits per heavy atom. The molecule has 3 nitrogen and oxygen atoms in total. The summed E-state index contributed by atoms with van der Waals surface area (Å²) in [5, 5.41) is 0.128. The normalized spacial score (nSPS) is 12.6. The van der Waals surface area contributed by atoms with Crippen molar-refractivity contribution in [3.8, 4) is 5.75 Å². The largest absolute Gasteiger partial charge is 0.543 e. The van der Waals surface area contributed by atoms with Crippen LogP contribution in [0, 0.1) is 0 Å². The molecule has 0 N–H and O–H groups in total. The van der Waals surface area contributed by atoms with Crippen LogP contribution in [0.4, 0.5) is 0 Å². The zero-order valence-corrected chi connectivity index (χ0v) is 11.0. The Bertz CT molecular complexity index is 387. The van der Waals surface area contributed by atoms with E-state index in [1.54, 1.807) is 6.07 Å². The van der Waals surface area contributed by atoms with E-state index in [4.69, 9.17) is 4.43 Å². The molecule has 0 spiro atoms. The van der Waals surface area contributed by atoms with Gasteiger partial charge in [-0.25, -0.2) is 4.79 Å². The summed E-state index contributed by atoms with van der Waals surface area (Å²) in [7, 11) is -1.85. The van der Waals surface area contributed by atoms with Gasteiger partial charge in [-0.05, 0) is 18.1 Å². The van der Waals surface area contributed by atoms with Gasteiger partial charge in [0.15, 0.2) is 0 Å². The molecule has 0 aromatic carbocycles. The van der Waals surface area contributed by atoms with Gasteiger partial charge in [-0.15, -0.1) is 0 Å². The van der Waals surface area contributed by atoms with Crippen molar-refractivity contribution in [2.45, 2.75) is 38.9 Å². The molecular formula is C11H18O3Si. The van der Waals surface area contributed by atoms with Crippen LogP contribution >= 0.6 is 0 Å². The summed E-state index contributed by atoms with van der Waals surface area (Å²) < 4.78 is 10.6. The Morgan fingerprint density at radius 1 is 1.33 bits per heavy atom. The molecule has 0 atom stereocenters. The third-order valence-corrected chi connectivity index (χ3v) is 7.21. The van der Waals surface area contributed by atoms with Crippen molar-refractivity contribution in [3.05, 3.63) is 28.8 Å². The van der Waals surface area contributed by atoms with E-state index in [9.17, 15) is 4.79 Å². The zero-order valence-electron chi connectivity index (χ0n) is 9.96. The van der Waals surface area contributed by atoms with Crippen molar-refractivity contribution in [2.75, 3.05) is 0 Å². The van der Waals surface area contributed by atoms with Gasteiger partial charge in [0.25, 0.3) is 0 Å². The van der Waals surface area contributed by atoms with Gasteiger partial charge in [0.2, 0.25) is 8.32 Å². The maximum absolute atomic E-state index is 11.0. The van der Waals surface area contributed by atoms with Crippen molar-refractivity contribution in [1.29, 1.82) is 0 Å². The predicted octanol–water partition coefficient (Wildman–Crippen LogP) is 3.02. The lowest BCUT2D eigenvalue weighted by molar-refractivity contribution is 0.464. The van der Waals surface area contributed by atoms with Crippen LogP contribution in [0.2, 0.25) is 18.1 Å². The summed E-state index contributed by atoms with van der Waals surface area (Å²) in [4.78, 5) is 11.0. The molecule has 15 heavy (non-hydrogen) atoms. The molecule has 1 aromatic rings. The lowest BCUT2D eigenvalue weighted by Gasteiger charge is -2.36. The first-order valence-corrected chi connectivity index (χ1v) is 7.91. The SMILES string of the molecule is CC(C)(C)[Si](C)(C)Oc1ccoc(=O)c1. The molecule has 1 rings (SSSR count). The molecule has 0 saturated heterocycles. The van der Waals surface area contributed by atoms with Crippen LogP contribution in [0.3, 0.4) is 0 Å². The minimum atomic E-state index is -1.85. The first-order chi connectivity index (χ1) is 6.72. The van der Waals surface area contributed by atoms with Crippen molar-refractivity contribution in [1.82, 2.24) is 0 Å². The van der Waals surface area contributed by atoms with Gasteiger partial charge < -0.3 is 8.84 Å². The lowest BCUT2D eigenvalue weighted by Crippen LogP contribution is -2.43. The Kier molecular flexibility index (Phi) is 3.09. The molecule has 84 valence electrons. The zero-order chi connectivity index (χ0) is 11.7. The third-order valence-electron chi connectivity index (χ3n) is 2.86. The molecule has 0 aliphatic carbocycles. The minimum Gasteiger partial charge on any atom is -0.543 e. The summed E-state index contributed by atoms with van der Waals surface area (Å²) in [5.41, 5.74) is -0.369. The molecule has 0 unspecified atom stereocenters. The first kappa shape index (κ1) is 12.0. The van der Waals surface area contributed by atoms with E-state index >= 15 is 0 Å². The molecule has 0 aliphatic rings. The maximum Gasteiger partial charge on any atom is 0.339 e. The summed E-state index contributed by atoms with van der Waals surface area (Å²) >= 11 is 0. The molecule has 0 amide bonds. The fraction of sp³-hybridized carbons (Fsp3) is 0.545. The molecule has 0 saturated carbocycles. The van der Waals surface area contributed by atoms with Crippen LogP contribution in [0.15, 0.2) is 27.6 Å². The molecular weight excluding hydrogens is 208 g/mol. The highest BCUT2D eigenvalue weighted by Crippen LogP contribution is 2.36. The quantitative estimate of drug-likeness (QED) is 0.728. The smallest absolute Gasteiger partial charge is 0.339 e. The second-order valence-electron chi connectivity index (χ2n) is 5.15. The van der Waals surface area contributed by atoms with Gasteiger partial charge in [-0.1, -0.05) is 20.8 Å². The molecule has 0 bridgehead atoms. The number of hydrogen-bond acceptors (Lipinski definition) is 3. The van der Waals surface area contributed by atoms with Gasteiger partial charge in [0.05, 0.1) is 12.3 Å².